The van der Waals surface area contributed by atoms with Crippen molar-refractivity contribution in [3.63, 3.8) is 0 Å². The van der Waals surface area contributed by atoms with Gasteiger partial charge in [0.1, 0.15) is 5.82 Å². The largest absolute Gasteiger partial charge is 0.345 e. The summed E-state index contributed by atoms with van der Waals surface area (Å²) in [6, 6.07) is 4.44. The van der Waals surface area contributed by atoms with Crippen molar-refractivity contribution >= 4 is 27.6 Å². The van der Waals surface area contributed by atoms with E-state index in [1.54, 1.807) is 19.9 Å². The van der Waals surface area contributed by atoms with Crippen LogP contribution in [0.3, 0.4) is 0 Å². The summed E-state index contributed by atoms with van der Waals surface area (Å²) >= 11 is 3.00. The Morgan fingerprint density at radius 1 is 1.41 bits per heavy atom. The lowest BCUT2D eigenvalue weighted by atomic mass is 10.1. The zero-order valence-electron chi connectivity index (χ0n) is 9.59. The lowest BCUT2D eigenvalue weighted by Crippen LogP contribution is -2.32. The number of rotatable bonds is 4. The van der Waals surface area contributed by atoms with E-state index in [0.717, 1.165) is 0 Å². The third-order valence-electron chi connectivity index (χ3n) is 2.26. The Balaban J connectivity index is 2.71. The normalized spacial score (nSPS) is 10.4. The number of carbonyl (C=O) groups is 2. The maximum absolute atomic E-state index is 13.5. The number of Topliss-reactive ketones (excluding diaryl/α,β-unsaturated/α-hetero) is 1. The van der Waals surface area contributed by atoms with Crippen LogP contribution in [-0.2, 0) is 4.79 Å². The summed E-state index contributed by atoms with van der Waals surface area (Å²) < 4.78 is 13.8. The summed E-state index contributed by atoms with van der Waals surface area (Å²) in [6.07, 6.45) is 0. The highest BCUT2D eigenvalue weighted by molar-refractivity contribution is 9.10. The van der Waals surface area contributed by atoms with Crippen LogP contribution in [0.4, 0.5) is 4.39 Å². The van der Waals surface area contributed by atoms with Gasteiger partial charge in [-0.05, 0) is 28.1 Å². The number of benzene rings is 1. The molecule has 1 N–H and O–H groups in total. The first-order chi connectivity index (χ1) is 7.93. The number of halogens is 2. The van der Waals surface area contributed by atoms with Crippen LogP contribution < -0.4 is 5.32 Å². The molecule has 17 heavy (non-hydrogen) atoms. The molecule has 0 aliphatic carbocycles. The number of ketones is 1. The standard InChI is InChI=1S/C12H13BrFNO2/c1-7(2)10(16)6-15-12(17)8-4-3-5-9(13)11(8)14/h3-5,7H,6H2,1-2H3,(H,15,17). The van der Waals surface area contributed by atoms with Crippen molar-refractivity contribution in [2.24, 2.45) is 5.92 Å². The van der Waals surface area contributed by atoms with Crippen LogP contribution in [0.1, 0.15) is 24.2 Å². The van der Waals surface area contributed by atoms with Gasteiger partial charge in [-0.3, -0.25) is 9.59 Å². The molecule has 1 aromatic carbocycles. The van der Waals surface area contributed by atoms with Crippen LogP contribution >= 0.6 is 15.9 Å². The Labute approximate surface area is 108 Å². The predicted molar refractivity (Wildman–Crippen MR) is 66.3 cm³/mol. The second-order valence-electron chi connectivity index (χ2n) is 3.91. The van der Waals surface area contributed by atoms with E-state index in [4.69, 9.17) is 0 Å². The molecule has 1 amide bonds. The second-order valence-corrected chi connectivity index (χ2v) is 4.76. The lowest BCUT2D eigenvalue weighted by Gasteiger charge is -2.07. The van der Waals surface area contributed by atoms with Crippen molar-refractivity contribution in [2.45, 2.75) is 13.8 Å². The minimum absolute atomic E-state index is 0.0732. The van der Waals surface area contributed by atoms with Crippen molar-refractivity contribution in [3.8, 4) is 0 Å². The number of hydrogen-bond acceptors (Lipinski definition) is 2. The van der Waals surface area contributed by atoms with Gasteiger partial charge in [-0.15, -0.1) is 0 Å². The highest BCUT2D eigenvalue weighted by atomic mass is 79.9. The molecule has 0 aliphatic heterocycles. The van der Waals surface area contributed by atoms with E-state index >= 15 is 0 Å². The van der Waals surface area contributed by atoms with Crippen LogP contribution in [0, 0.1) is 11.7 Å². The molecule has 0 unspecified atom stereocenters. The molecule has 1 aromatic rings. The molecule has 0 saturated carbocycles. The molecule has 0 spiro atoms. The molecule has 0 radical (unpaired) electrons. The fourth-order valence-corrected chi connectivity index (χ4v) is 1.51. The maximum atomic E-state index is 13.5. The first-order valence-corrected chi connectivity index (χ1v) is 5.97. The van der Waals surface area contributed by atoms with Gasteiger partial charge in [0.05, 0.1) is 16.6 Å². The Bertz CT molecular complexity index is 446. The molecule has 0 saturated heterocycles. The van der Waals surface area contributed by atoms with Gasteiger partial charge >= 0.3 is 0 Å². The third-order valence-corrected chi connectivity index (χ3v) is 2.88. The van der Waals surface area contributed by atoms with Crippen molar-refractivity contribution in [1.82, 2.24) is 5.32 Å². The summed E-state index contributed by atoms with van der Waals surface area (Å²) in [7, 11) is 0. The van der Waals surface area contributed by atoms with Crippen molar-refractivity contribution in [2.75, 3.05) is 6.54 Å². The fourth-order valence-electron chi connectivity index (χ4n) is 1.15. The molecular formula is C12H13BrFNO2. The number of nitrogens with one attached hydrogen (secondary N) is 1. The zero-order valence-corrected chi connectivity index (χ0v) is 11.2. The van der Waals surface area contributed by atoms with Crippen LogP contribution in [-0.4, -0.2) is 18.2 Å². The summed E-state index contributed by atoms with van der Waals surface area (Å²) in [5.41, 5.74) is -0.0732. The SMILES string of the molecule is CC(C)C(=O)CNC(=O)c1cccc(Br)c1F. The van der Waals surface area contributed by atoms with Gasteiger partial charge in [-0.2, -0.15) is 0 Å². The van der Waals surface area contributed by atoms with Crippen LogP contribution in [0.5, 0.6) is 0 Å². The number of hydrogen-bond donors (Lipinski definition) is 1. The summed E-state index contributed by atoms with van der Waals surface area (Å²) in [6.45, 7) is 3.41. The molecule has 0 bridgehead atoms. The van der Waals surface area contributed by atoms with E-state index < -0.39 is 11.7 Å². The van der Waals surface area contributed by atoms with Crippen molar-refractivity contribution in [3.05, 3.63) is 34.1 Å². The van der Waals surface area contributed by atoms with Gasteiger partial charge in [-0.1, -0.05) is 19.9 Å². The highest BCUT2D eigenvalue weighted by Gasteiger charge is 2.15. The Hall–Kier alpha value is -1.23. The van der Waals surface area contributed by atoms with Gasteiger partial charge < -0.3 is 5.32 Å². The van der Waals surface area contributed by atoms with Crippen LogP contribution in [0.15, 0.2) is 22.7 Å². The first-order valence-electron chi connectivity index (χ1n) is 5.18. The van der Waals surface area contributed by atoms with Crippen LogP contribution in [0.2, 0.25) is 0 Å². The summed E-state index contributed by atoms with van der Waals surface area (Å²) in [5.74, 6) is -1.45. The van der Waals surface area contributed by atoms with E-state index in [2.05, 4.69) is 21.2 Å². The quantitative estimate of drug-likeness (QED) is 0.929. The van der Waals surface area contributed by atoms with Gasteiger partial charge in [0.2, 0.25) is 0 Å². The highest BCUT2D eigenvalue weighted by Crippen LogP contribution is 2.18. The van der Waals surface area contributed by atoms with Gasteiger partial charge in [0.15, 0.2) is 5.78 Å². The Kier molecular flexibility index (Phi) is 4.81. The molecular weight excluding hydrogens is 289 g/mol. The molecule has 0 atom stereocenters. The molecule has 0 heterocycles. The van der Waals surface area contributed by atoms with Crippen molar-refractivity contribution in [1.29, 1.82) is 0 Å². The monoisotopic (exact) mass is 301 g/mol. The van der Waals surface area contributed by atoms with E-state index in [0.29, 0.717) is 0 Å². The molecule has 0 aliphatic rings. The minimum atomic E-state index is -0.623. The average molecular weight is 302 g/mol. The lowest BCUT2D eigenvalue weighted by molar-refractivity contribution is -0.120. The molecule has 0 aromatic heterocycles. The number of amides is 1. The van der Waals surface area contributed by atoms with E-state index in [1.807, 2.05) is 0 Å². The fraction of sp³-hybridized carbons (Fsp3) is 0.333. The number of carbonyl (C=O) groups excluding carboxylic acids is 2. The zero-order chi connectivity index (χ0) is 13.0. The van der Waals surface area contributed by atoms with Gasteiger partial charge in [-0.25, -0.2) is 4.39 Å². The van der Waals surface area contributed by atoms with E-state index in [-0.39, 0.29) is 28.3 Å². The van der Waals surface area contributed by atoms with E-state index in [9.17, 15) is 14.0 Å². The molecule has 92 valence electrons. The van der Waals surface area contributed by atoms with Gasteiger partial charge in [0, 0.05) is 5.92 Å². The second kappa shape index (κ2) is 5.91. The molecule has 0 fully saturated rings. The predicted octanol–water partition coefficient (Wildman–Crippen LogP) is 2.54. The third kappa shape index (κ3) is 3.63. The van der Waals surface area contributed by atoms with E-state index in [1.165, 1.54) is 12.1 Å². The maximum Gasteiger partial charge on any atom is 0.254 e. The summed E-state index contributed by atoms with van der Waals surface area (Å²) in [4.78, 5) is 22.9. The molecule has 1 rings (SSSR count). The first kappa shape index (κ1) is 13.8. The summed E-state index contributed by atoms with van der Waals surface area (Å²) in [5, 5.41) is 2.40. The van der Waals surface area contributed by atoms with Crippen LogP contribution in [0.25, 0.3) is 0 Å². The Morgan fingerprint density at radius 3 is 2.65 bits per heavy atom. The smallest absolute Gasteiger partial charge is 0.254 e. The topological polar surface area (TPSA) is 46.2 Å². The van der Waals surface area contributed by atoms with Gasteiger partial charge in [0.25, 0.3) is 5.91 Å². The minimum Gasteiger partial charge on any atom is -0.345 e. The molecule has 5 heteroatoms. The average Bonchev–Trinajstić information content (AvgIpc) is 2.29. The Morgan fingerprint density at radius 2 is 2.06 bits per heavy atom. The van der Waals surface area contributed by atoms with Crippen molar-refractivity contribution < 1.29 is 14.0 Å². The molecule has 3 nitrogen and oxygen atoms in total.